The minimum Gasteiger partial charge on any atom is -0.502 e. The first-order chi connectivity index (χ1) is 17.8. The predicted octanol–water partition coefficient (Wildman–Crippen LogP) is 5.39. The van der Waals surface area contributed by atoms with Crippen molar-refractivity contribution >= 4 is 0 Å². The minimum absolute atomic E-state index is 0.172. The molecule has 0 aromatic carbocycles. The summed E-state index contributed by atoms with van der Waals surface area (Å²) in [7, 11) is 0. The van der Waals surface area contributed by atoms with Gasteiger partial charge in [0.05, 0.1) is 12.4 Å². The quantitative estimate of drug-likeness (QED) is 0.347. The molecule has 0 radical (unpaired) electrons. The summed E-state index contributed by atoms with van der Waals surface area (Å²) in [5.41, 5.74) is -2.21. The van der Waals surface area contributed by atoms with Gasteiger partial charge >= 0.3 is 0 Å². The minimum atomic E-state index is -0.932. The molecule has 0 aliphatic rings. The molecule has 200 valence electrons. The van der Waals surface area contributed by atoms with Gasteiger partial charge in [-0.15, -0.1) is 0 Å². The van der Waals surface area contributed by atoms with Crippen molar-refractivity contribution in [2.24, 2.45) is 11.8 Å². The zero-order valence-electron chi connectivity index (χ0n) is 22.3. The molecule has 9 nitrogen and oxygen atoms in total. The fourth-order valence-electron chi connectivity index (χ4n) is 4.43. The van der Waals surface area contributed by atoms with Gasteiger partial charge in [0.15, 0.2) is 22.9 Å². The smallest absolute Gasteiger partial charge is 0.266 e. The highest BCUT2D eigenvalue weighted by molar-refractivity contribution is 5.46. The highest BCUT2D eigenvalue weighted by Crippen LogP contribution is 2.26. The van der Waals surface area contributed by atoms with Crippen LogP contribution >= 0.6 is 0 Å². The second-order valence-electron chi connectivity index (χ2n) is 9.50. The maximum atomic E-state index is 12.8. The van der Waals surface area contributed by atoms with E-state index >= 15 is 0 Å². The molecule has 2 aromatic rings. The molecule has 2 N–H and O–H groups in total. The van der Waals surface area contributed by atoms with Crippen LogP contribution in [0.5, 0.6) is 23.0 Å². The first kappa shape index (κ1) is 29.5. The fraction of sp³-hybridized carbons (Fsp3) is 0.571. The highest BCUT2D eigenvalue weighted by Gasteiger charge is 2.22. The Kier molecular flexibility index (Phi) is 11.3. The average molecular weight is 511 g/mol. The van der Waals surface area contributed by atoms with Crippen LogP contribution < -0.4 is 15.6 Å². The summed E-state index contributed by atoms with van der Waals surface area (Å²) in [6.45, 7) is 9.05. The van der Waals surface area contributed by atoms with E-state index in [1.165, 1.54) is 21.5 Å². The Balaban J connectivity index is 2.55. The number of ether oxygens (including phenoxy) is 1. The van der Waals surface area contributed by atoms with Crippen molar-refractivity contribution in [1.29, 1.82) is 10.5 Å². The number of nitriles is 2. The normalized spacial score (nSPS) is 12.5. The first-order valence-corrected chi connectivity index (χ1v) is 13.2. The molecule has 0 spiro atoms. The van der Waals surface area contributed by atoms with Gasteiger partial charge in [-0.2, -0.15) is 10.5 Å². The molecule has 0 aliphatic carbocycles. The molecular weight excluding hydrogens is 472 g/mol. The SMILES string of the molecule is CCCCC(CC)Cn1cc(Oc2cn(CC(CC)CCCC)c(C#N)c(O)c2=O)c(=O)c(O)c1C#N. The van der Waals surface area contributed by atoms with Gasteiger partial charge in [-0.25, -0.2) is 0 Å². The second-order valence-corrected chi connectivity index (χ2v) is 9.50. The van der Waals surface area contributed by atoms with Gasteiger partial charge in [-0.3, -0.25) is 9.59 Å². The standard InChI is InChI=1S/C28H38N4O5/c1-5-9-11-19(7-3)15-31-17-23(27(35)25(33)21(31)13-29)37-24-18-32(16-20(8-4)12-10-6-2)22(14-30)26(34)28(24)36/h17-20,33-34H,5-12,15-16H2,1-4H3. The summed E-state index contributed by atoms with van der Waals surface area (Å²) in [5, 5.41) is 40.1. The summed E-state index contributed by atoms with van der Waals surface area (Å²) < 4.78 is 8.63. The molecule has 0 amide bonds. The molecule has 37 heavy (non-hydrogen) atoms. The fourth-order valence-corrected chi connectivity index (χ4v) is 4.43. The van der Waals surface area contributed by atoms with Crippen LogP contribution in [0.25, 0.3) is 0 Å². The largest absolute Gasteiger partial charge is 0.502 e. The molecule has 2 heterocycles. The molecular formula is C28H38N4O5. The lowest BCUT2D eigenvalue weighted by atomic mass is 9.99. The Morgan fingerprint density at radius 2 is 1.16 bits per heavy atom. The van der Waals surface area contributed by atoms with Crippen LogP contribution in [0.2, 0.25) is 0 Å². The van der Waals surface area contributed by atoms with Crippen molar-refractivity contribution in [1.82, 2.24) is 9.13 Å². The monoisotopic (exact) mass is 510 g/mol. The lowest BCUT2D eigenvalue weighted by molar-refractivity contribution is 0.364. The van der Waals surface area contributed by atoms with E-state index in [2.05, 4.69) is 13.8 Å². The molecule has 0 saturated carbocycles. The summed E-state index contributed by atoms with van der Waals surface area (Å²) in [4.78, 5) is 25.6. The van der Waals surface area contributed by atoms with Gasteiger partial charge in [0.2, 0.25) is 11.5 Å². The van der Waals surface area contributed by atoms with E-state index in [0.717, 1.165) is 51.4 Å². The van der Waals surface area contributed by atoms with Crippen molar-refractivity contribution in [2.75, 3.05) is 0 Å². The number of aromatic nitrogens is 2. The summed E-state index contributed by atoms with van der Waals surface area (Å²) in [6, 6.07) is 3.77. The van der Waals surface area contributed by atoms with Gasteiger partial charge in [-0.1, -0.05) is 66.2 Å². The highest BCUT2D eigenvalue weighted by atomic mass is 16.5. The van der Waals surface area contributed by atoms with E-state index in [4.69, 9.17) is 4.74 Å². The molecule has 0 fully saturated rings. The van der Waals surface area contributed by atoms with Gasteiger partial charge < -0.3 is 24.1 Å². The number of hydrogen-bond acceptors (Lipinski definition) is 7. The third kappa shape index (κ3) is 7.16. The maximum absolute atomic E-state index is 12.8. The van der Waals surface area contributed by atoms with Crippen LogP contribution in [0.3, 0.4) is 0 Å². The number of pyridine rings is 2. The van der Waals surface area contributed by atoms with Crippen LogP contribution in [0.4, 0.5) is 0 Å². The van der Waals surface area contributed by atoms with E-state index in [0.29, 0.717) is 13.1 Å². The molecule has 2 rings (SSSR count). The second kappa shape index (κ2) is 14.1. The summed E-state index contributed by atoms with van der Waals surface area (Å²) >= 11 is 0. The lowest BCUT2D eigenvalue weighted by Gasteiger charge is -2.20. The summed E-state index contributed by atoms with van der Waals surface area (Å²) in [5.74, 6) is -1.76. The number of aromatic hydroxyl groups is 2. The van der Waals surface area contributed by atoms with E-state index in [-0.39, 0.29) is 34.7 Å². The zero-order chi connectivity index (χ0) is 27.5. The van der Waals surface area contributed by atoms with Crippen LogP contribution in [0, 0.1) is 34.5 Å². The van der Waals surface area contributed by atoms with Crippen molar-refractivity contribution in [2.45, 2.75) is 92.2 Å². The van der Waals surface area contributed by atoms with Crippen molar-refractivity contribution in [3.8, 4) is 35.1 Å². The molecule has 0 bridgehead atoms. The Labute approximate surface area is 218 Å². The lowest BCUT2D eigenvalue weighted by Crippen LogP contribution is -2.20. The van der Waals surface area contributed by atoms with Crippen LogP contribution in [0.1, 0.15) is 90.4 Å². The maximum Gasteiger partial charge on any atom is 0.266 e. The number of hydrogen-bond donors (Lipinski definition) is 2. The van der Waals surface area contributed by atoms with E-state index in [1.54, 1.807) is 0 Å². The molecule has 0 saturated heterocycles. The van der Waals surface area contributed by atoms with E-state index in [9.17, 15) is 30.3 Å². The molecule has 2 unspecified atom stereocenters. The zero-order valence-corrected chi connectivity index (χ0v) is 22.3. The van der Waals surface area contributed by atoms with Crippen molar-refractivity contribution < 1.29 is 14.9 Å². The summed E-state index contributed by atoms with van der Waals surface area (Å²) in [6.07, 6.45) is 10.3. The Morgan fingerprint density at radius 3 is 1.46 bits per heavy atom. The van der Waals surface area contributed by atoms with Crippen LogP contribution in [0.15, 0.2) is 22.0 Å². The van der Waals surface area contributed by atoms with Crippen LogP contribution in [-0.4, -0.2) is 19.3 Å². The van der Waals surface area contributed by atoms with Gasteiger partial charge in [0.25, 0.3) is 10.9 Å². The first-order valence-electron chi connectivity index (χ1n) is 13.2. The van der Waals surface area contributed by atoms with Gasteiger partial charge in [0.1, 0.15) is 12.1 Å². The predicted molar refractivity (Wildman–Crippen MR) is 141 cm³/mol. The number of unbranched alkanes of at least 4 members (excludes halogenated alkanes) is 2. The molecule has 2 aromatic heterocycles. The van der Waals surface area contributed by atoms with Gasteiger partial charge in [-0.05, 0) is 24.7 Å². The van der Waals surface area contributed by atoms with Crippen LogP contribution in [-0.2, 0) is 13.1 Å². The Hall–Kier alpha value is -3.72. The molecule has 0 aliphatic heterocycles. The van der Waals surface area contributed by atoms with Gasteiger partial charge in [0, 0.05) is 13.1 Å². The topological polar surface area (TPSA) is 141 Å². The molecule has 9 heteroatoms. The van der Waals surface area contributed by atoms with E-state index < -0.39 is 22.4 Å². The third-order valence-corrected chi connectivity index (χ3v) is 6.88. The number of rotatable bonds is 14. The van der Waals surface area contributed by atoms with E-state index in [1.807, 2.05) is 26.0 Å². The molecule has 2 atom stereocenters. The van der Waals surface area contributed by atoms with Crippen molar-refractivity contribution in [3.05, 3.63) is 44.2 Å². The number of nitrogens with zero attached hydrogens (tertiary/aromatic N) is 4. The third-order valence-electron chi connectivity index (χ3n) is 6.88. The Morgan fingerprint density at radius 1 is 0.784 bits per heavy atom. The van der Waals surface area contributed by atoms with Crippen molar-refractivity contribution in [3.63, 3.8) is 0 Å². The Bertz CT molecular complexity index is 1170. The average Bonchev–Trinajstić information content (AvgIpc) is 2.90.